The Morgan fingerprint density at radius 2 is 1.29 bits per heavy atom. The summed E-state index contributed by atoms with van der Waals surface area (Å²) in [4.78, 5) is 13.9. The molecule has 0 aliphatic rings. The molecule has 1 aromatic heterocycles. The van der Waals surface area contributed by atoms with Crippen LogP contribution in [0.2, 0.25) is 0 Å². The van der Waals surface area contributed by atoms with Crippen molar-refractivity contribution in [3.63, 3.8) is 0 Å². The van der Waals surface area contributed by atoms with Crippen LogP contribution in [0.4, 0.5) is 0 Å². The first-order valence-corrected chi connectivity index (χ1v) is 12.6. The molecule has 5 rings (SSSR count). The standard InChI is InChI=1S/C27H18BrNO4S/c28-20-15-17-22(18-16-20)34(31,32)33-26-23-13-7-8-14-24(23)29(21-11-5-2-6-12-21)27(30)25(26)19-9-3-1-4-10-19/h1-18H. The smallest absolute Gasteiger partial charge is 0.339 e. The van der Waals surface area contributed by atoms with Crippen LogP contribution in [-0.4, -0.2) is 13.0 Å². The number of hydrogen-bond donors (Lipinski definition) is 0. The molecular weight excluding hydrogens is 514 g/mol. The van der Waals surface area contributed by atoms with Crippen molar-refractivity contribution in [1.29, 1.82) is 0 Å². The summed E-state index contributed by atoms with van der Waals surface area (Å²) in [7, 11) is -4.22. The SMILES string of the molecule is O=c1c(-c2ccccc2)c(OS(=O)(=O)c2ccc(Br)cc2)c2ccccc2n1-c1ccccc1. The molecule has 0 bridgehead atoms. The van der Waals surface area contributed by atoms with Gasteiger partial charge in [0.2, 0.25) is 0 Å². The molecule has 0 radical (unpaired) electrons. The Kier molecular flexibility index (Phi) is 5.81. The third kappa shape index (κ3) is 4.04. The molecule has 34 heavy (non-hydrogen) atoms. The van der Waals surface area contributed by atoms with E-state index in [1.807, 2.05) is 36.4 Å². The third-order valence-corrected chi connectivity index (χ3v) is 7.17. The van der Waals surface area contributed by atoms with E-state index in [1.165, 1.54) is 12.1 Å². The molecule has 0 aliphatic carbocycles. The van der Waals surface area contributed by atoms with Gasteiger partial charge in [0.1, 0.15) is 4.90 Å². The highest BCUT2D eigenvalue weighted by atomic mass is 79.9. The summed E-state index contributed by atoms with van der Waals surface area (Å²) in [6.45, 7) is 0. The Hall–Kier alpha value is -3.68. The zero-order valence-electron chi connectivity index (χ0n) is 17.8. The minimum absolute atomic E-state index is 0.00176. The summed E-state index contributed by atoms with van der Waals surface area (Å²) in [5.74, 6) is 0.00176. The maximum absolute atomic E-state index is 14.0. The van der Waals surface area contributed by atoms with E-state index in [0.29, 0.717) is 22.2 Å². The molecule has 0 unspecified atom stereocenters. The van der Waals surface area contributed by atoms with Crippen LogP contribution in [0.25, 0.3) is 27.7 Å². The van der Waals surface area contributed by atoms with Gasteiger partial charge < -0.3 is 4.18 Å². The van der Waals surface area contributed by atoms with Gasteiger partial charge in [-0.1, -0.05) is 76.6 Å². The average molecular weight is 532 g/mol. The summed E-state index contributed by atoms with van der Waals surface area (Å²) in [6, 6.07) is 31.5. The fourth-order valence-corrected chi connectivity index (χ4v) is 5.07. The van der Waals surface area contributed by atoms with Crippen LogP contribution in [0, 0.1) is 0 Å². The molecule has 0 fully saturated rings. The molecule has 7 heteroatoms. The quantitative estimate of drug-likeness (QED) is 0.253. The van der Waals surface area contributed by atoms with Gasteiger partial charge >= 0.3 is 10.1 Å². The maximum atomic E-state index is 14.0. The topological polar surface area (TPSA) is 65.4 Å². The predicted molar refractivity (Wildman–Crippen MR) is 137 cm³/mol. The monoisotopic (exact) mass is 531 g/mol. The van der Waals surface area contributed by atoms with E-state index in [-0.39, 0.29) is 21.8 Å². The van der Waals surface area contributed by atoms with Crippen LogP contribution in [0.3, 0.4) is 0 Å². The van der Waals surface area contributed by atoms with E-state index >= 15 is 0 Å². The summed E-state index contributed by atoms with van der Waals surface area (Å²) in [5, 5.41) is 0.505. The van der Waals surface area contributed by atoms with E-state index in [1.54, 1.807) is 65.2 Å². The lowest BCUT2D eigenvalue weighted by atomic mass is 10.0. The molecule has 1 heterocycles. The number of benzene rings is 4. The molecule has 5 nitrogen and oxygen atoms in total. The number of pyridine rings is 1. The fourth-order valence-electron chi connectivity index (χ4n) is 3.85. The molecule has 5 aromatic rings. The maximum Gasteiger partial charge on any atom is 0.339 e. The number of para-hydroxylation sites is 2. The van der Waals surface area contributed by atoms with E-state index in [0.717, 1.165) is 4.47 Å². The van der Waals surface area contributed by atoms with Crippen LogP contribution in [-0.2, 0) is 10.1 Å². The minimum Gasteiger partial charge on any atom is -0.377 e. The van der Waals surface area contributed by atoms with Crippen molar-refractivity contribution in [3.8, 4) is 22.6 Å². The normalized spacial score (nSPS) is 11.4. The van der Waals surface area contributed by atoms with Crippen molar-refractivity contribution < 1.29 is 12.6 Å². The average Bonchev–Trinajstić information content (AvgIpc) is 2.85. The van der Waals surface area contributed by atoms with Crippen LogP contribution >= 0.6 is 15.9 Å². The molecule has 0 amide bonds. The van der Waals surface area contributed by atoms with E-state index in [2.05, 4.69) is 15.9 Å². The van der Waals surface area contributed by atoms with Gasteiger partial charge in [-0.3, -0.25) is 9.36 Å². The van der Waals surface area contributed by atoms with Crippen molar-refractivity contribution in [1.82, 2.24) is 4.57 Å². The predicted octanol–water partition coefficient (Wildman–Crippen LogP) is 6.19. The molecule has 0 N–H and O–H groups in total. The van der Waals surface area contributed by atoms with Gasteiger partial charge in [-0.25, -0.2) is 0 Å². The molecule has 0 saturated carbocycles. The van der Waals surface area contributed by atoms with Crippen molar-refractivity contribution in [2.24, 2.45) is 0 Å². The zero-order chi connectivity index (χ0) is 23.7. The summed E-state index contributed by atoms with van der Waals surface area (Å²) < 4.78 is 34.6. The van der Waals surface area contributed by atoms with E-state index in [9.17, 15) is 13.2 Å². The van der Waals surface area contributed by atoms with Crippen LogP contribution in [0.1, 0.15) is 0 Å². The number of halogens is 1. The van der Waals surface area contributed by atoms with Crippen molar-refractivity contribution >= 4 is 37.0 Å². The Labute approximate surface area is 205 Å². The fraction of sp³-hybridized carbons (Fsp3) is 0. The Morgan fingerprint density at radius 3 is 1.97 bits per heavy atom. The largest absolute Gasteiger partial charge is 0.377 e. The van der Waals surface area contributed by atoms with Gasteiger partial charge in [-0.05, 0) is 54.1 Å². The molecule has 0 spiro atoms. The zero-order valence-corrected chi connectivity index (χ0v) is 20.2. The second kappa shape index (κ2) is 8.93. The molecule has 0 atom stereocenters. The highest BCUT2D eigenvalue weighted by molar-refractivity contribution is 9.10. The minimum atomic E-state index is -4.22. The number of fused-ring (bicyclic) bond motifs is 1. The molecule has 168 valence electrons. The highest BCUT2D eigenvalue weighted by Crippen LogP contribution is 2.37. The summed E-state index contributed by atoms with van der Waals surface area (Å²) in [6.07, 6.45) is 0. The molecular formula is C27H18BrNO4S. The summed E-state index contributed by atoms with van der Waals surface area (Å²) >= 11 is 3.31. The molecule has 4 aromatic carbocycles. The molecule has 0 aliphatic heterocycles. The molecule has 0 saturated heterocycles. The van der Waals surface area contributed by atoms with Gasteiger partial charge in [0.15, 0.2) is 5.75 Å². The first-order chi connectivity index (χ1) is 16.5. The van der Waals surface area contributed by atoms with E-state index < -0.39 is 10.1 Å². The van der Waals surface area contributed by atoms with Gasteiger partial charge in [0.25, 0.3) is 5.56 Å². The lowest BCUT2D eigenvalue weighted by molar-refractivity contribution is 0.489. The van der Waals surface area contributed by atoms with Gasteiger partial charge in [0, 0.05) is 15.5 Å². The first kappa shape index (κ1) is 22.1. The lowest BCUT2D eigenvalue weighted by Crippen LogP contribution is -2.23. The van der Waals surface area contributed by atoms with Gasteiger partial charge in [0.05, 0.1) is 11.1 Å². The van der Waals surface area contributed by atoms with Crippen LogP contribution < -0.4 is 9.74 Å². The number of rotatable bonds is 5. The second-order valence-electron chi connectivity index (χ2n) is 7.55. The van der Waals surface area contributed by atoms with E-state index in [4.69, 9.17) is 4.18 Å². The van der Waals surface area contributed by atoms with Gasteiger partial charge in [-0.2, -0.15) is 8.42 Å². The second-order valence-corrected chi connectivity index (χ2v) is 10.0. The van der Waals surface area contributed by atoms with Crippen LogP contribution in [0.5, 0.6) is 5.75 Å². The Balaban J connectivity index is 1.85. The number of hydrogen-bond acceptors (Lipinski definition) is 4. The first-order valence-electron chi connectivity index (χ1n) is 10.4. The van der Waals surface area contributed by atoms with Crippen LogP contribution in [0.15, 0.2) is 123 Å². The van der Waals surface area contributed by atoms with Crippen molar-refractivity contribution in [3.05, 3.63) is 124 Å². The third-order valence-electron chi connectivity index (χ3n) is 5.41. The highest BCUT2D eigenvalue weighted by Gasteiger charge is 2.25. The Bertz CT molecular complexity index is 1650. The summed E-state index contributed by atoms with van der Waals surface area (Å²) in [5.41, 5.74) is 1.56. The van der Waals surface area contributed by atoms with Crippen molar-refractivity contribution in [2.75, 3.05) is 0 Å². The number of aromatic nitrogens is 1. The van der Waals surface area contributed by atoms with Gasteiger partial charge in [-0.15, -0.1) is 0 Å². The Morgan fingerprint density at radius 1 is 0.706 bits per heavy atom. The lowest BCUT2D eigenvalue weighted by Gasteiger charge is -2.18. The number of nitrogens with zero attached hydrogens (tertiary/aromatic N) is 1. The van der Waals surface area contributed by atoms with Crippen molar-refractivity contribution in [2.45, 2.75) is 4.90 Å².